The van der Waals surface area contributed by atoms with E-state index in [1.54, 1.807) is 6.07 Å². The summed E-state index contributed by atoms with van der Waals surface area (Å²) in [5.74, 6) is 0.157. The number of morpholine rings is 1. The van der Waals surface area contributed by atoms with Gasteiger partial charge in [-0.3, -0.25) is 4.79 Å². The molecular formula is C15H25N3O5S. The summed E-state index contributed by atoms with van der Waals surface area (Å²) in [4.78, 5) is 12.6. The second kappa shape index (κ2) is 6.45. The minimum atomic E-state index is -3.82. The van der Waals surface area contributed by atoms with Crippen molar-refractivity contribution in [2.75, 3.05) is 31.6 Å². The van der Waals surface area contributed by atoms with E-state index in [1.807, 2.05) is 20.8 Å². The Morgan fingerprint density at radius 3 is 2.29 bits per heavy atom. The molecule has 1 N–H and O–H groups in total. The van der Waals surface area contributed by atoms with Crippen LogP contribution in [-0.4, -0.2) is 54.8 Å². The number of carbonyl (C=O) groups is 1. The van der Waals surface area contributed by atoms with Gasteiger partial charge in [-0.15, -0.1) is 0 Å². The Hall–Kier alpha value is -1.45. The smallest absolute Gasteiger partial charge is 0.247 e. The quantitative estimate of drug-likeness (QED) is 0.871. The van der Waals surface area contributed by atoms with Crippen molar-refractivity contribution in [3.8, 4) is 0 Å². The molecule has 9 heteroatoms. The lowest BCUT2D eigenvalue weighted by Gasteiger charge is -2.33. The van der Waals surface area contributed by atoms with Gasteiger partial charge in [-0.05, 0) is 13.8 Å². The monoisotopic (exact) mass is 359 g/mol. The molecule has 1 aromatic heterocycles. The van der Waals surface area contributed by atoms with E-state index in [9.17, 15) is 13.2 Å². The maximum atomic E-state index is 12.8. The molecular weight excluding hydrogens is 334 g/mol. The predicted octanol–water partition coefficient (Wildman–Crippen LogP) is 1.35. The van der Waals surface area contributed by atoms with Crippen molar-refractivity contribution < 1.29 is 22.5 Å². The zero-order valence-electron chi connectivity index (χ0n) is 14.7. The minimum Gasteiger partial charge on any atom is -0.379 e. The molecule has 24 heavy (non-hydrogen) atoms. The van der Waals surface area contributed by atoms with Gasteiger partial charge in [-0.2, -0.15) is 4.31 Å². The number of hydrogen-bond donors (Lipinski definition) is 1. The number of nitrogens with one attached hydrogen (secondary N) is 1. The number of carbonyl (C=O) groups excluding carboxylic acids is 1. The highest BCUT2D eigenvalue weighted by atomic mass is 32.2. The van der Waals surface area contributed by atoms with Crippen LogP contribution in [-0.2, 0) is 25.0 Å². The highest BCUT2D eigenvalue weighted by Gasteiger charge is 2.46. The van der Waals surface area contributed by atoms with Gasteiger partial charge in [0.25, 0.3) is 0 Å². The third kappa shape index (κ3) is 3.62. The summed E-state index contributed by atoms with van der Waals surface area (Å²) < 4.78 is 35.6. The van der Waals surface area contributed by atoms with Crippen LogP contribution < -0.4 is 5.32 Å². The van der Waals surface area contributed by atoms with Crippen molar-refractivity contribution >= 4 is 21.7 Å². The molecule has 0 radical (unpaired) electrons. The molecule has 1 aliphatic rings. The Bertz CT molecular complexity index is 697. The number of sulfonamides is 1. The van der Waals surface area contributed by atoms with Crippen molar-refractivity contribution in [2.24, 2.45) is 0 Å². The van der Waals surface area contributed by atoms with Gasteiger partial charge in [0.05, 0.1) is 13.2 Å². The van der Waals surface area contributed by atoms with E-state index in [4.69, 9.17) is 9.26 Å². The summed E-state index contributed by atoms with van der Waals surface area (Å²) in [7, 11) is -3.82. The number of rotatable bonds is 4. The summed E-state index contributed by atoms with van der Waals surface area (Å²) in [6, 6.07) is 1.61. The molecule has 0 bridgehead atoms. The fourth-order valence-corrected chi connectivity index (χ4v) is 3.74. The first-order valence-electron chi connectivity index (χ1n) is 7.82. The van der Waals surface area contributed by atoms with Crippen LogP contribution in [0, 0.1) is 0 Å². The van der Waals surface area contributed by atoms with Crippen molar-refractivity contribution in [1.29, 1.82) is 0 Å². The second-order valence-electron chi connectivity index (χ2n) is 7.31. The summed E-state index contributed by atoms with van der Waals surface area (Å²) in [5, 5.41) is 6.33. The molecule has 0 spiro atoms. The molecule has 0 saturated carbocycles. The van der Waals surface area contributed by atoms with Crippen LogP contribution in [0.4, 0.5) is 5.82 Å². The molecule has 2 rings (SSSR count). The lowest BCUT2D eigenvalue weighted by atomic mass is 9.93. The number of nitrogens with zero attached hydrogens (tertiary/aromatic N) is 2. The van der Waals surface area contributed by atoms with Crippen molar-refractivity contribution in [1.82, 2.24) is 9.46 Å². The highest BCUT2D eigenvalue weighted by molar-refractivity contribution is 7.91. The Morgan fingerprint density at radius 2 is 1.79 bits per heavy atom. The lowest BCUT2D eigenvalue weighted by molar-refractivity contribution is -0.118. The third-order valence-electron chi connectivity index (χ3n) is 3.99. The Morgan fingerprint density at radius 1 is 1.21 bits per heavy atom. The molecule has 2 heterocycles. The van der Waals surface area contributed by atoms with Crippen molar-refractivity contribution in [3.05, 3.63) is 11.8 Å². The SMILES string of the molecule is CC(C)(C)c1cc(NC(=O)C(C)(C)S(=O)(=O)N2CCOCC2)no1. The normalized spacial score (nSPS) is 17.7. The van der Waals surface area contributed by atoms with Crippen molar-refractivity contribution in [2.45, 2.75) is 44.8 Å². The molecule has 0 unspecified atom stereocenters. The van der Waals surface area contributed by atoms with Crippen LogP contribution in [0.3, 0.4) is 0 Å². The molecule has 1 fully saturated rings. The molecule has 0 aromatic carbocycles. The van der Waals surface area contributed by atoms with Gasteiger partial charge in [0.2, 0.25) is 15.9 Å². The molecule has 136 valence electrons. The Kier molecular flexibility index (Phi) is 5.08. The molecule has 1 amide bonds. The molecule has 0 aliphatic carbocycles. The van der Waals surface area contributed by atoms with Crippen LogP contribution in [0.5, 0.6) is 0 Å². The van der Waals surface area contributed by atoms with Crippen LogP contribution in [0.2, 0.25) is 0 Å². The van der Waals surface area contributed by atoms with Gasteiger partial charge in [0.1, 0.15) is 5.76 Å². The fourth-order valence-electron chi connectivity index (χ4n) is 2.18. The summed E-state index contributed by atoms with van der Waals surface area (Å²) in [5.41, 5.74) is -0.259. The first kappa shape index (κ1) is 18.9. The Labute approximate surface area is 142 Å². The number of aromatic nitrogens is 1. The van der Waals surface area contributed by atoms with Crippen LogP contribution in [0.15, 0.2) is 10.6 Å². The number of hydrogen-bond acceptors (Lipinski definition) is 6. The number of anilines is 1. The van der Waals surface area contributed by atoms with E-state index >= 15 is 0 Å². The van der Waals surface area contributed by atoms with E-state index in [0.29, 0.717) is 19.0 Å². The standard InChI is InChI=1S/C15H25N3O5S/c1-14(2,3)11-10-12(17-23-11)16-13(19)15(4,5)24(20,21)18-6-8-22-9-7-18/h10H,6-9H2,1-5H3,(H,16,17,19). The van der Waals surface area contributed by atoms with Crippen LogP contribution in [0.1, 0.15) is 40.4 Å². The average Bonchev–Trinajstić information content (AvgIpc) is 2.96. The molecule has 1 aliphatic heterocycles. The summed E-state index contributed by atoms with van der Waals surface area (Å²) >= 11 is 0. The average molecular weight is 359 g/mol. The number of amides is 1. The van der Waals surface area contributed by atoms with E-state index in [-0.39, 0.29) is 24.3 Å². The van der Waals surface area contributed by atoms with Gasteiger partial charge >= 0.3 is 0 Å². The van der Waals surface area contributed by atoms with E-state index < -0.39 is 20.7 Å². The first-order valence-corrected chi connectivity index (χ1v) is 9.26. The predicted molar refractivity (Wildman–Crippen MR) is 89.2 cm³/mol. The van der Waals surface area contributed by atoms with Crippen molar-refractivity contribution in [3.63, 3.8) is 0 Å². The third-order valence-corrected chi connectivity index (χ3v) is 6.51. The fraction of sp³-hybridized carbons (Fsp3) is 0.733. The zero-order chi connectivity index (χ0) is 18.2. The lowest BCUT2D eigenvalue weighted by Crippen LogP contribution is -2.54. The van der Waals surface area contributed by atoms with E-state index in [0.717, 1.165) is 0 Å². The zero-order valence-corrected chi connectivity index (χ0v) is 15.6. The van der Waals surface area contributed by atoms with E-state index in [2.05, 4.69) is 10.5 Å². The summed E-state index contributed by atoms with van der Waals surface area (Å²) in [6.45, 7) is 9.78. The molecule has 8 nitrogen and oxygen atoms in total. The van der Waals surface area contributed by atoms with Crippen LogP contribution in [0.25, 0.3) is 0 Å². The van der Waals surface area contributed by atoms with E-state index in [1.165, 1.54) is 18.2 Å². The first-order chi connectivity index (χ1) is 11.0. The van der Waals surface area contributed by atoms with Gasteiger partial charge in [-0.25, -0.2) is 8.42 Å². The highest BCUT2D eigenvalue weighted by Crippen LogP contribution is 2.27. The van der Waals surface area contributed by atoms with Gasteiger partial charge < -0.3 is 14.6 Å². The maximum absolute atomic E-state index is 12.8. The van der Waals surface area contributed by atoms with Crippen LogP contribution >= 0.6 is 0 Å². The largest absolute Gasteiger partial charge is 0.379 e. The molecule has 1 saturated heterocycles. The maximum Gasteiger partial charge on any atom is 0.247 e. The Balaban J connectivity index is 2.16. The molecule has 1 aromatic rings. The van der Waals surface area contributed by atoms with Gasteiger partial charge in [-0.1, -0.05) is 25.9 Å². The number of ether oxygens (including phenoxy) is 1. The summed E-state index contributed by atoms with van der Waals surface area (Å²) in [6.07, 6.45) is 0. The molecule has 0 atom stereocenters. The minimum absolute atomic E-state index is 0.204. The van der Waals surface area contributed by atoms with Gasteiger partial charge in [0.15, 0.2) is 10.6 Å². The topological polar surface area (TPSA) is 102 Å². The second-order valence-corrected chi connectivity index (χ2v) is 9.79. The van der Waals surface area contributed by atoms with Gasteiger partial charge in [0, 0.05) is 24.6 Å².